The molecule has 0 fully saturated rings. The van der Waals surface area contributed by atoms with Crippen molar-refractivity contribution < 1.29 is 17.6 Å². The molecule has 1 aromatic heterocycles. The molecular weight excluding hydrogens is 378 g/mol. The molecule has 0 aliphatic rings. The molecule has 3 aromatic rings. The van der Waals surface area contributed by atoms with Crippen molar-refractivity contribution in [1.82, 2.24) is 14.9 Å². The van der Waals surface area contributed by atoms with E-state index >= 15 is 0 Å². The number of nitrogens with zero attached hydrogens (tertiary/aromatic N) is 2. The van der Waals surface area contributed by atoms with Crippen LogP contribution in [0.3, 0.4) is 0 Å². The summed E-state index contributed by atoms with van der Waals surface area (Å²) in [6.07, 6.45) is 0.261. The molecule has 0 saturated heterocycles. The van der Waals surface area contributed by atoms with Gasteiger partial charge in [-0.25, -0.2) is 13.1 Å². The maximum Gasteiger partial charge on any atom is 0.247 e. The van der Waals surface area contributed by atoms with E-state index < -0.39 is 10.0 Å². The molecule has 7 nitrogen and oxygen atoms in total. The molecule has 136 valence electrons. The van der Waals surface area contributed by atoms with Crippen molar-refractivity contribution in [2.45, 2.75) is 11.3 Å². The van der Waals surface area contributed by atoms with Gasteiger partial charge in [0.15, 0.2) is 0 Å². The Bertz CT molecular complexity index is 1000. The first-order valence-corrected chi connectivity index (χ1v) is 9.56. The molecule has 0 bridgehead atoms. The average Bonchev–Trinajstić information content (AvgIpc) is 3.10. The first kappa shape index (κ1) is 18.4. The van der Waals surface area contributed by atoms with E-state index in [1.807, 2.05) is 18.2 Å². The van der Waals surface area contributed by atoms with E-state index in [-0.39, 0.29) is 17.9 Å². The van der Waals surface area contributed by atoms with Gasteiger partial charge in [-0.2, -0.15) is 0 Å². The topological polar surface area (TPSA) is 94.3 Å². The van der Waals surface area contributed by atoms with Crippen LogP contribution >= 0.6 is 11.6 Å². The van der Waals surface area contributed by atoms with Crippen molar-refractivity contribution in [3.63, 3.8) is 0 Å². The van der Waals surface area contributed by atoms with Gasteiger partial charge in [0.1, 0.15) is 5.75 Å². The lowest BCUT2D eigenvalue weighted by Crippen LogP contribution is -2.26. The fraction of sp³-hybridized carbons (Fsp3) is 0.176. The minimum Gasteiger partial charge on any atom is -0.497 e. The van der Waals surface area contributed by atoms with Gasteiger partial charge in [-0.3, -0.25) is 0 Å². The van der Waals surface area contributed by atoms with E-state index in [9.17, 15) is 8.42 Å². The van der Waals surface area contributed by atoms with Gasteiger partial charge in [0.05, 0.1) is 12.0 Å². The molecule has 3 rings (SSSR count). The summed E-state index contributed by atoms with van der Waals surface area (Å²) in [5, 5.41) is 8.28. The molecule has 26 heavy (non-hydrogen) atoms. The van der Waals surface area contributed by atoms with Crippen molar-refractivity contribution in [2.75, 3.05) is 13.7 Å². The Balaban J connectivity index is 1.63. The molecule has 0 amide bonds. The van der Waals surface area contributed by atoms with Gasteiger partial charge in [0.2, 0.25) is 21.8 Å². The molecule has 9 heteroatoms. The van der Waals surface area contributed by atoms with Crippen LogP contribution in [0.25, 0.3) is 11.5 Å². The molecule has 0 aliphatic carbocycles. The average molecular weight is 394 g/mol. The number of benzene rings is 2. The predicted octanol–water partition coefficient (Wildman–Crippen LogP) is 2.92. The van der Waals surface area contributed by atoms with Crippen LogP contribution in [-0.4, -0.2) is 32.3 Å². The van der Waals surface area contributed by atoms with Crippen molar-refractivity contribution >= 4 is 21.6 Å². The fourth-order valence-corrected chi connectivity index (χ4v) is 3.57. The van der Waals surface area contributed by atoms with E-state index in [4.69, 9.17) is 20.8 Å². The number of halogens is 1. The molecule has 0 aliphatic heterocycles. The van der Waals surface area contributed by atoms with Gasteiger partial charge in [-0.15, -0.1) is 10.2 Å². The predicted molar refractivity (Wildman–Crippen MR) is 96.6 cm³/mol. The Morgan fingerprint density at radius 2 is 1.96 bits per heavy atom. The summed E-state index contributed by atoms with van der Waals surface area (Å²) in [4.78, 5) is 0.104. The fourth-order valence-electron chi connectivity index (χ4n) is 2.24. The Labute approximate surface area is 156 Å². The minimum atomic E-state index is -3.65. The second-order valence-electron chi connectivity index (χ2n) is 5.34. The minimum absolute atomic E-state index is 0.104. The summed E-state index contributed by atoms with van der Waals surface area (Å²) < 4.78 is 37.7. The van der Waals surface area contributed by atoms with Crippen molar-refractivity contribution in [2.24, 2.45) is 0 Å². The van der Waals surface area contributed by atoms with Crippen LogP contribution in [0.2, 0.25) is 5.02 Å². The van der Waals surface area contributed by atoms with Crippen LogP contribution in [0.1, 0.15) is 5.89 Å². The number of ether oxygens (including phenoxy) is 1. The first-order chi connectivity index (χ1) is 12.5. The lowest BCUT2D eigenvalue weighted by atomic mass is 10.2. The molecular formula is C17H16ClN3O4S. The number of nitrogens with one attached hydrogen (secondary N) is 1. The molecule has 1 heterocycles. The quantitative estimate of drug-likeness (QED) is 0.663. The summed E-state index contributed by atoms with van der Waals surface area (Å²) in [6, 6.07) is 13.3. The SMILES string of the molecule is COc1cccc(-c2nnc(CCNS(=O)(=O)c3cccc(Cl)c3)o2)c1. The third-order valence-corrected chi connectivity index (χ3v) is 5.21. The Morgan fingerprint density at radius 1 is 1.15 bits per heavy atom. The highest BCUT2D eigenvalue weighted by atomic mass is 35.5. The van der Waals surface area contributed by atoms with Gasteiger partial charge in [0.25, 0.3) is 0 Å². The van der Waals surface area contributed by atoms with Crippen molar-refractivity contribution in [3.8, 4) is 17.2 Å². The maximum atomic E-state index is 12.2. The number of sulfonamides is 1. The standard InChI is InChI=1S/C17H16ClN3O4S/c1-24-14-6-2-4-12(10-14)17-21-20-16(25-17)8-9-19-26(22,23)15-7-3-5-13(18)11-15/h2-7,10-11,19H,8-9H2,1H3. The van der Waals surface area contributed by atoms with Crippen molar-refractivity contribution in [3.05, 3.63) is 59.4 Å². The van der Waals surface area contributed by atoms with Crippen LogP contribution in [0, 0.1) is 0 Å². The summed E-state index contributed by atoms with van der Waals surface area (Å²) in [6.45, 7) is 0.120. The number of hydrogen-bond acceptors (Lipinski definition) is 6. The Kier molecular flexibility index (Phi) is 5.55. The van der Waals surface area contributed by atoms with Crippen LogP contribution < -0.4 is 9.46 Å². The third kappa shape index (κ3) is 4.40. The second-order valence-corrected chi connectivity index (χ2v) is 7.54. The third-order valence-electron chi connectivity index (χ3n) is 3.52. The molecule has 0 radical (unpaired) electrons. The van der Waals surface area contributed by atoms with E-state index in [0.29, 0.717) is 22.6 Å². The van der Waals surface area contributed by atoms with Crippen LogP contribution in [0.5, 0.6) is 5.75 Å². The summed E-state index contributed by atoms with van der Waals surface area (Å²) in [7, 11) is -2.07. The Hall–Kier alpha value is -2.42. The molecule has 0 saturated carbocycles. The van der Waals surface area contributed by atoms with Crippen LogP contribution in [0.15, 0.2) is 57.8 Å². The van der Waals surface area contributed by atoms with E-state index in [0.717, 1.165) is 5.56 Å². The first-order valence-electron chi connectivity index (χ1n) is 7.70. The number of aromatic nitrogens is 2. The zero-order chi connectivity index (χ0) is 18.6. The van der Waals surface area contributed by atoms with Gasteiger partial charge < -0.3 is 9.15 Å². The Morgan fingerprint density at radius 3 is 2.73 bits per heavy atom. The number of methoxy groups -OCH3 is 1. The summed E-state index contributed by atoms with van der Waals surface area (Å²) >= 11 is 5.83. The van der Waals surface area contributed by atoms with Gasteiger partial charge in [-0.1, -0.05) is 23.7 Å². The summed E-state index contributed by atoms with van der Waals surface area (Å²) in [5.41, 5.74) is 0.725. The second kappa shape index (κ2) is 7.86. The number of rotatable bonds is 7. The van der Waals surface area contributed by atoms with E-state index in [1.54, 1.807) is 25.3 Å². The van der Waals surface area contributed by atoms with Gasteiger partial charge in [-0.05, 0) is 36.4 Å². The summed E-state index contributed by atoms with van der Waals surface area (Å²) in [5.74, 6) is 1.35. The molecule has 2 aromatic carbocycles. The zero-order valence-electron chi connectivity index (χ0n) is 13.8. The van der Waals surface area contributed by atoms with Gasteiger partial charge >= 0.3 is 0 Å². The lowest BCUT2D eigenvalue weighted by Gasteiger charge is -2.05. The molecule has 0 spiro atoms. The van der Waals surface area contributed by atoms with Crippen molar-refractivity contribution in [1.29, 1.82) is 0 Å². The number of hydrogen-bond donors (Lipinski definition) is 1. The maximum absolute atomic E-state index is 12.2. The van der Waals surface area contributed by atoms with Crippen LogP contribution in [-0.2, 0) is 16.4 Å². The highest BCUT2D eigenvalue weighted by molar-refractivity contribution is 7.89. The van der Waals surface area contributed by atoms with Gasteiger partial charge in [0, 0.05) is 23.6 Å². The zero-order valence-corrected chi connectivity index (χ0v) is 15.4. The van der Waals surface area contributed by atoms with Crippen LogP contribution in [0.4, 0.5) is 0 Å². The van der Waals surface area contributed by atoms with E-state index in [2.05, 4.69) is 14.9 Å². The highest BCUT2D eigenvalue weighted by Crippen LogP contribution is 2.22. The lowest BCUT2D eigenvalue weighted by molar-refractivity contribution is 0.414. The highest BCUT2D eigenvalue weighted by Gasteiger charge is 2.15. The smallest absolute Gasteiger partial charge is 0.247 e. The monoisotopic (exact) mass is 393 g/mol. The normalized spacial score (nSPS) is 11.5. The molecule has 1 N–H and O–H groups in total. The molecule has 0 unspecified atom stereocenters. The molecule has 0 atom stereocenters. The largest absolute Gasteiger partial charge is 0.497 e. The van der Waals surface area contributed by atoms with E-state index in [1.165, 1.54) is 12.1 Å².